The summed E-state index contributed by atoms with van der Waals surface area (Å²) < 4.78 is 0. The lowest BCUT2D eigenvalue weighted by Gasteiger charge is -2.26. The van der Waals surface area contributed by atoms with E-state index in [2.05, 4.69) is 23.2 Å². The number of nitrogens with zero attached hydrogens (tertiary/aromatic N) is 1. The number of rotatable bonds is 8. The molecule has 3 N–H and O–H groups in total. The molecular formula is C18H25N3O2S2. The lowest BCUT2D eigenvalue weighted by atomic mass is 10.1. The maximum atomic E-state index is 11.3. The molecule has 2 aromatic rings. The molecule has 3 rings (SSSR count). The highest BCUT2D eigenvalue weighted by molar-refractivity contribution is 7.98. The molecule has 0 bridgehead atoms. The number of likely N-dealkylation sites (tertiary alicyclic amines) is 1. The van der Waals surface area contributed by atoms with E-state index < -0.39 is 10.9 Å². The van der Waals surface area contributed by atoms with Gasteiger partial charge in [0.15, 0.2) is 0 Å². The number of thiophene rings is 1. The monoisotopic (exact) mass is 379 g/mol. The van der Waals surface area contributed by atoms with E-state index in [1.807, 2.05) is 23.1 Å². The lowest BCUT2D eigenvalue weighted by Crippen LogP contribution is -2.37. The molecular weight excluding hydrogens is 354 g/mol. The van der Waals surface area contributed by atoms with E-state index in [0.29, 0.717) is 12.2 Å². The maximum Gasteiger partial charge on any atom is 0.253 e. The van der Waals surface area contributed by atoms with Gasteiger partial charge < -0.3 is 11.1 Å². The molecule has 0 radical (unpaired) electrons. The predicted molar refractivity (Wildman–Crippen MR) is 109 cm³/mol. The second-order valence-electron chi connectivity index (χ2n) is 6.58. The topological polar surface area (TPSA) is 75.4 Å². The smallest absolute Gasteiger partial charge is 0.253 e. The van der Waals surface area contributed by atoms with E-state index in [4.69, 9.17) is 5.73 Å². The first-order valence-electron chi connectivity index (χ1n) is 8.77. The van der Waals surface area contributed by atoms with E-state index in [1.54, 1.807) is 0 Å². The van der Waals surface area contributed by atoms with Gasteiger partial charge in [-0.15, -0.1) is 11.3 Å². The van der Waals surface area contributed by atoms with Crippen molar-refractivity contribution >= 4 is 34.5 Å². The van der Waals surface area contributed by atoms with Gasteiger partial charge in [0.05, 0.1) is 0 Å². The Morgan fingerprint density at radius 3 is 2.72 bits per heavy atom. The van der Waals surface area contributed by atoms with Gasteiger partial charge in [0.2, 0.25) is 0 Å². The van der Waals surface area contributed by atoms with Crippen molar-refractivity contribution in [2.75, 3.05) is 36.4 Å². The Balaban J connectivity index is 1.40. The third-order valence-corrected chi connectivity index (χ3v) is 7.04. The van der Waals surface area contributed by atoms with E-state index in [9.17, 15) is 9.59 Å². The van der Waals surface area contributed by atoms with Crippen molar-refractivity contribution in [1.29, 1.82) is 0 Å². The fourth-order valence-corrected chi connectivity index (χ4v) is 5.32. The molecule has 5 nitrogen and oxygen atoms in total. The summed E-state index contributed by atoms with van der Waals surface area (Å²) in [6.45, 7) is 6.40. The first-order chi connectivity index (χ1) is 12.1. The van der Waals surface area contributed by atoms with Crippen molar-refractivity contribution in [2.45, 2.75) is 38.5 Å². The number of piperidine rings is 1. The summed E-state index contributed by atoms with van der Waals surface area (Å²) in [5.74, 6) is 1.85. The van der Waals surface area contributed by atoms with Crippen LogP contribution < -0.4 is 21.9 Å². The highest BCUT2D eigenvalue weighted by Crippen LogP contribution is 2.27. The average Bonchev–Trinajstić information content (AvgIpc) is 2.97. The van der Waals surface area contributed by atoms with Gasteiger partial charge in [0.1, 0.15) is 11.4 Å². The highest BCUT2D eigenvalue weighted by atomic mass is 32.2. The molecule has 0 unspecified atom stereocenters. The zero-order chi connectivity index (χ0) is 17.8. The zero-order valence-electron chi connectivity index (χ0n) is 14.6. The number of aryl methyl sites for hydroxylation is 1. The van der Waals surface area contributed by atoms with Crippen molar-refractivity contribution < 1.29 is 0 Å². The highest BCUT2D eigenvalue weighted by Gasteiger charge is 2.17. The molecule has 0 aliphatic carbocycles. The third-order valence-electron chi connectivity index (χ3n) is 4.63. The van der Waals surface area contributed by atoms with E-state index >= 15 is 0 Å². The summed E-state index contributed by atoms with van der Waals surface area (Å²) in [7, 11) is 0. The van der Waals surface area contributed by atoms with Crippen LogP contribution in [0.25, 0.3) is 0 Å². The van der Waals surface area contributed by atoms with Crippen molar-refractivity contribution in [3.8, 4) is 0 Å². The van der Waals surface area contributed by atoms with Crippen LogP contribution in [0.4, 0.5) is 11.4 Å². The van der Waals surface area contributed by atoms with Gasteiger partial charge >= 0.3 is 0 Å². The first-order valence-corrected chi connectivity index (χ1v) is 10.7. The predicted octanol–water partition coefficient (Wildman–Crippen LogP) is 2.57. The molecule has 0 atom stereocenters. The van der Waals surface area contributed by atoms with Gasteiger partial charge in [-0.1, -0.05) is 6.42 Å². The summed E-state index contributed by atoms with van der Waals surface area (Å²) in [5, 5.41) is 2.97. The molecule has 1 saturated heterocycles. The van der Waals surface area contributed by atoms with Crippen molar-refractivity contribution in [1.82, 2.24) is 4.90 Å². The maximum absolute atomic E-state index is 11.3. The minimum atomic E-state index is -0.564. The van der Waals surface area contributed by atoms with Gasteiger partial charge in [-0.3, -0.25) is 14.5 Å². The minimum Gasteiger partial charge on any atom is -0.394 e. The molecule has 1 aliphatic heterocycles. The number of thioether (sulfide) groups is 1. The number of nitrogen functional groups attached to an aromatic ring is 1. The summed E-state index contributed by atoms with van der Waals surface area (Å²) >= 11 is 3.75. The molecule has 2 heterocycles. The number of nitrogens with one attached hydrogen (secondary N) is 1. The number of nitrogens with two attached hydrogens (primary N) is 1. The van der Waals surface area contributed by atoms with Crippen molar-refractivity contribution in [3.05, 3.63) is 41.8 Å². The molecule has 1 aliphatic rings. The van der Waals surface area contributed by atoms with Crippen LogP contribution in [0.15, 0.2) is 15.7 Å². The Bertz CT molecular complexity index is 787. The molecule has 7 heteroatoms. The van der Waals surface area contributed by atoms with Gasteiger partial charge in [0, 0.05) is 34.3 Å². The van der Waals surface area contributed by atoms with Gasteiger partial charge in [-0.2, -0.15) is 11.8 Å². The van der Waals surface area contributed by atoms with Crippen LogP contribution >= 0.6 is 23.1 Å². The fourth-order valence-electron chi connectivity index (χ4n) is 3.14. The lowest BCUT2D eigenvalue weighted by molar-refractivity contribution is 0.222. The standard InChI is InChI=1S/C18H25N3O2S2/c1-12-9-13(25-14(12)10-21-6-3-2-4-7-21)11-24-8-5-20-16-15(19)17(22)18(16)23/h9,20H,2-8,10-11,19H2,1H3. The summed E-state index contributed by atoms with van der Waals surface area (Å²) in [6, 6.07) is 2.30. The van der Waals surface area contributed by atoms with E-state index in [1.165, 1.54) is 47.7 Å². The van der Waals surface area contributed by atoms with Gasteiger partial charge in [0.25, 0.3) is 10.9 Å². The summed E-state index contributed by atoms with van der Waals surface area (Å²) in [6.07, 6.45) is 4.03. The molecule has 136 valence electrons. The van der Waals surface area contributed by atoms with Gasteiger partial charge in [-0.05, 0) is 44.5 Å². The molecule has 0 amide bonds. The zero-order valence-corrected chi connectivity index (χ0v) is 16.2. The Kier molecular flexibility index (Phi) is 6.19. The largest absolute Gasteiger partial charge is 0.394 e. The Hall–Kier alpha value is -1.31. The number of hydrogen-bond acceptors (Lipinski definition) is 7. The third kappa shape index (κ3) is 4.46. The van der Waals surface area contributed by atoms with Crippen LogP contribution in [-0.4, -0.2) is 30.3 Å². The molecule has 1 aromatic carbocycles. The Morgan fingerprint density at radius 2 is 2.00 bits per heavy atom. The summed E-state index contributed by atoms with van der Waals surface area (Å²) in [5.41, 5.74) is 6.22. The van der Waals surface area contributed by atoms with Crippen LogP contribution in [0.1, 0.15) is 34.6 Å². The molecule has 0 spiro atoms. The van der Waals surface area contributed by atoms with Crippen molar-refractivity contribution in [3.63, 3.8) is 0 Å². The molecule has 1 fully saturated rings. The van der Waals surface area contributed by atoms with Crippen molar-refractivity contribution in [2.24, 2.45) is 0 Å². The molecule has 0 saturated carbocycles. The number of hydrogen-bond donors (Lipinski definition) is 2. The van der Waals surface area contributed by atoms with Crippen LogP contribution in [0, 0.1) is 6.92 Å². The second kappa shape index (κ2) is 8.38. The fraction of sp³-hybridized carbons (Fsp3) is 0.556. The first kappa shape index (κ1) is 18.5. The minimum absolute atomic E-state index is 0.0752. The van der Waals surface area contributed by atoms with Crippen LogP contribution in [0.2, 0.25) is 0 Å². The summed E-state index contributed by atoms with van der Waals surface area (Å²) in [4.78, 5) is 27.8. The number of anilines is 2. The second-order valence-corrected chi connectivity index (χ2v) is 8.91. The van der Waals surface area contributed by atoms with Crippen LogP contribution in [0.3, 0.4) is 0 Å². The Labute approximate surface area is 156 Å². The average molecular weight is 380 g/mol. The quantitative estimate of drug-likeness (QED) is 0.542. The Morgan fingerprint density at radius 1 is 1.24 bits per heavy atom. The normalized spacial score (nSPS) is 15.7. The molecule has 25 heavy (non-hydrogen) atoms. The van der Waals surface area contributed by atoms with Crippen LogP contribution in [-0.2, 0) is 12.3 Å². The van der Waals surface area contributed by atoms with E-state index in [0.717, 1.165) is 18.1 Å². The SMILES string of the molecule is Cc1cc(CSCCNc2c(N)c(=O)c2=O)sc1CN1CCCCC1. The molecule has 1 aromatic heterocycles. The van der Waals surface area contributed by atoms with Gasteiger partial charge in [-0.25, -0.2) is 0 Å². The van der Waals surface area contributed by atoms with Crippen LogP contribution in [0.5, 0.6) is 0 Å². The van der Waals surface area contributed by atoms with E-state index in [-0.39, 0.29) is 5.69 Å².